The zero-order valence-corrected chi connectivity index (χ0v) is 17.8. The van der Waals surface area contributed by atoms with E-state index in [0.717, 1.165) is 25.9 Å². The fourth-order valence-electron chi connectivity index (χ4n) is 4.47. The minimum Gasteiger partial charge on any atom is -0.495 e. The number of piperidine rings is 1. The number of ether oxygens (including phenoxy) is 2. The minimum absolute atomic E-state index is 0.0140. The first-order valence-corrected chi connectivity index (χ1v) is 10.4. The van der Waals surface area contributed by atoms with Crippen molar-refractivity contribution in [3.8, 4) is 17.0 Å². The van der Waals surface area contributed by atoms with Crippen molar-refractivity contribution >= 4 is 17.4 Å². The van der Waals surface area contributed by atoms with Gasteiger partial charge in [0.2, 0.25) is 0 Å². The van der Waals surface area contributed by atoms with Gasteiger partial charge in [0.25, 0.3) is 0 Å². The molecule has 2 atom stereocenters. The van der Waals surface area contributed by atoms with Crippen LogP contribution in [0.3, 0.4) is 0 Å². The lowest BCUT2D eigenvalue weighted by molar-refractivity contribution is 0.0973. The summed E-state index contributed by atoms with van der Waals surface area (Å²) in [7, 11) is 1.46. The summed E-state index contributed by atoms with van der Waals surface area (Å²) < 4.78 is 25.4. The van der Waals surface area contributed by atoms with Gasteiger partial charge in [0, 0.05) is 24.5 Å². The highest BCUT2D eigenvalue weighted by Crippen LogP contribution is 2.42. The number of aliphatic hydroxyl groups is 1. The van der Waals surface area contributed by atoms with E-state index in [4.69, 9.17) is 26.8 Å². The molecule has 0 unspecified atom stereocenters. The number of hydrogen-bond acceptors (Lipinski definition) is 7. The fourth-order valence-corrected chi connectivity index (χ4v) is 4.80. The third kappa shape index (κ3) is 3.51. The molecule has 9 heteroatoms. The third-order valence-corrected chi connectivity index (χ3v) is 6.78. The first-order valence-electron chi connectivity index (χ1n) is 10.0. The Hall–Kier alpha value is -2.00. The van der Waals surface area contributed by atoms with Gasteiger partial charge < -0.3 is 25.2 Å². The molecule has 30 heavy (non-hydrogen) atoms. The summed E-state index contributed by atoms with van der Waals surface area (Å²) in [5.74, 6) is 0.405. The van der Waals surface area contributed by atoms with Gasteiger partial charge in [0.15, 0.2) is 5.82 Å². The molecular formula is C21H26ClFN4O3. The van der Waals surface area contributed by atoms with Crippen LogP contribution >= 0.6 is 11.6 Å². The first-order chi connectivity index (χ1) is 14.4. The van der Waals surface area contributed by atoms with Crippen LogP contribution < -0.4 is 15.4 Å². The Morgan fingerprint density at radius 2 is 2.13 bits per heavy atom. The highest BCUT2D eigenvalue weighted by Gasteiger charge is 2.47. The highest BCUT2D eigenvalue weighted by molar-refractivity contribution is 6.34. The van der Waals surface area contributed by atoms with Crippen molar-refractivity contribution in [2.75, 3.05) is 31.7 Å². The maximum atomic E-state index is 14.5. The topological polar surface area (TPSA) is 93.7 Å². The van der Waals surface area contributed by atoms with Crippen LogP contribution in [0.5, 0.6) is 5.75 Å². The van der Waals surface area contributed by atoms with Crippen LogP contribution in [0.25, 0.3) is 11.3 Å². The average Bonchev–Trinajstić information content (AvgIpc) is 3.03. The van der Waals surface area contributed by atoms with E-state index in [1.54, 1.807) is 0 Å². The summed E-state index contributed by atoms with van der Waals surface area (Å²) in [6, 6.07) is 2.74. The van der Waals surface area contributed by atoms with Crippen LogP contribution in [-0.2, 0) is 11.3 Å². The number of anilines is 1. The molecule has 3 heterocycles. The molecule has 0 aliphatic carbocycles. The molecule has 7 nitrogen and oxygen atoms in total. The molecule has 4 rings (SSSR count). The predicted octanol–water partition coefficient (Wildman–Crippen LogP) is 2.77. The van der Waals surface area contributed by atoms with Gasteiger partial charge >= 0.3 is 0 Å². The number of nitrogens with two attached hydrogens (primary N) is 1. The number of hydrogen-bond donors (Lipinski definition) is 2. The van der Waals surface area contributed by atoms with Crippen molar-refractivity contribution in [2.24, 2.45) is 11.1 Å². The zero-order valence-electron chi connectivity index (χ0n) is 17.1. The van der Waals surface area contributed by atoms with E-state index in [1.807, 2.05) is 6.92 Å². The first kappa shape index (κ1) is 21.2. The van der Waals surface area contributed by atoms with Crippen molar-refractivity contribution in [3.63, 3.8) is 0 Å². The number of aliphatic hydroxyl groups excluding tert-OH is 1. The number of aromatic nitrogens is 2. The summed E-state index contributed by atoms with van der Waals surface area (Å²) in [4.78, 5) is 11.1. The Balaban J connectivity index is 1.60. The van der Waals surface area contributed by atoms with Gasteiger partial charge in [-0.2, -0.15) is 0 Å². The number of nitrogens with zero attached hydrogens (tertiary/aromatic N) is 3. The van der Waals surface area contributed by atoms with Crippen LogP contribution in [0.1, 0.15) is 25.5 Å². The third-order valence-electron chi connectivity index (χ3n) is 6.41. The molecule has 162 valence electrons. The molecule has 0 bridgehead atoms. The second-order valence-electron chi connectivity index (χ2n) is 8.01. The molecule has 0 saturated carbocycles. The summed E-state index contributed by atoms with van der Waals surface area (Å²) in [6.07, 6.45) is 3.30. The fraction of sp³-hybridized carbons (Fsp3) is 0.524. The normalized spacial score (nSPS) is 23.2. The van der Waals surface area contributed by atoms with Crippen molar-refractivity contribution < 1.29 is 19.0 Å². The zero-order chi connectivity index (χ0) is 21.5. The minimum atomic E-state index is -0.531. The lowest BCUT2D eigenvalue weighted by Gasteiger charge is -2.41. The van der Waals surface area contributed by atoms with Crippen LogP contribution in [0.15, 0.2) is 18.3 Å². The summed E-state index contributed by atoms with van der Waals surface area (Å²) in [5.41, 5.74) is 7.11. The second kappa shape index (κ2) is 8.26. The molecule has 1 aromatic carbocycles. The highest BCUT2D eigenvalue weighted by atomic mass is 35.5. The van der Waals surface area contributed by atoms with Gasteiger partial charge in [0.1, 0.15) is 17.3 Å². The Morgan fingerprint density at radius 1 is 1.40 bits per heavy atom. The molecule has 2 aliphatic rings. The Bertz CT molecular complexity index is 937. The average molecular weight is 437 g/mol. The number of halogens is 2. The summed E-state index contributed by atoms with van der Waals surface area (Å²) in [6.45, 7) is 3.84. The van der Waals surface area contributed by atoms with Crippen molar-refractivity contribution in [3.05, 3.63) is 34.9 Å². The summed E-state index contributed by atoms with van der Waals surface area (Å²) in [5, 5.41) is 10.0. The SMILES string of the molecule is COc1ccc(F)c(-c2cnc(N3CCC4(CC3)CO[C@@H](C)[C@H]4N)c(CO)n2)c1Cl. The van der Waals surface area contributed by atoms with Crippen LogP contribution in [0, 0.1) is 11.2 Å². The van der Waals surface area contributed by atoms with Gasteiger partial charge in [-0.15, -0.1) is 0 Å². The van der Waals surface area contributed by atoms with Crippen molar-refractivity contribution in [1.29, 1.82) is 0 Å². The monoisotopic (exact) mass is 436 g/mol. The van der Waals surface area contributed by atoms with Crippen LogP contribution in [0.4, 0.5) is 10.2 Å². The quantitative estimate of drug-likeness (QED) is 0.761. The van der Waals surface area contributed by atoms with Gasteiger partial charge in [-0.25, -0.2) is 14.4 Å². The van der Waals surface area contributed by atoms with E-state index < -0.39 is 5.82 Å². The molecule has 2 fully saturated rings. The Kier molecular flexibility index (Phi) is 5.85. The van der Waals surface area contributed by atoms with Gasteiger partial charge in [-0.3, -0.25) is 0 Å². The smallest absolute Gasteiger partial charge is 0.152 e. The van der Waals surface area contributed by atoms with E-state index >= 15 is 0 Å². The van der Waals surface area contributed by atoms with E-state index in [2.05, 4.69) is 14.9 Å². The van der Waals surface area contributed by atoms with Gasteiger partial charge in [0.05, 0.1) is 48.9 Å². The van der Waals surface area contributed by atoms with E-state index in [1.165, 1.54) is 25.4 Å². The maximum Gasteiger partial charge on any atom is 0.152 e. The van der Waals surface area contributed by atoms with Crippen molar-refractivity contribution in [1.82, 2.24) is 9.97 Å². The molecule has 3 N–H and O–H groups in total. The van der Waals surface area contributed by atoms with E-state index in [0.29, 0.717) is 23.9 Å². The predicted molar refractivity (Wildman–Crippen MR) is 112 cm³/mol. The van der Waals surface area contributed by atoms with E-state index in [9.17, 15) is 9.50 Å². The number of benzene rings is 1. The van der Waals surface area contributed by atoms with E-state index in [-0.39, 0.29) is 40.4 Å². The number of rotatable bonds is 4. The number of methoxy groups -OCH3 is 1. The Morgan fingerprint density at radius 3 is 2.73 bits per heavy atom. The largest absolute Gasteiger partial charge is 0.495 e. The van der Waals surface area contributed by atoms with Crippen LogP contribution in [0.2, 0.25) is 5.02 Å². The molecular weight excluding hydrogens is 411 g/mol. The van der Waals surface area contributed by atoms with Crippen LogP contribution in [-0.4, -0.2) is 54.0 Å². The Labute approximate surface area is 180 Å². The molecule has 0 radical (unpaired) electrons. The lowest BCUT2D eigenvalue weighted by atomic mass is 9.73. The molecule has 0 amide bonds. The van der Waals surface area contributed by atoms with Crippen molar-refractivity contribution in [2.45, 2.75) is 38.5 Å². The lowest BCUT2D eigenvalue weighted by Crippen LogP contribution is -2.51. The summed E-state index contributed by atoms with van der Waals surface area (Å²) >= 11 is 6.30. The second-order valence-corrected chi connectivity index (χ2v) is 8.39. The van der Waals surface area contributed by atoms with Gasteiger partial charge in [-0.05, 0) is 31.9 Å². The molecule has 1 spiro atoms. The molecule has 2 aliphatic heterocycles. The maximum absolute atomic E-state index is 14.5. The molecule has 1 aromatic heterocycles. The molecule has 2 saturated heterocycles. The van der Waals surface area contributed by atoms with Gasteiger partial charge in [-0.1, -0.05) is 11.6 Å². The standard InChI is InChI=1S/C21H26ClFN4O3/c1-12-19(24)21(11-30-12)5-7-27(8-6-21)20-15(10-28)26-14(9-25-20)17-13(23)3-4-16(29-2)18(17)22/h3-4,9,12,19,28H,5-8,10-11,24H2,1-2H3/t12-,19+/m0/s1. The molecule has 2 aromatic rings.